The van der Waals surface area contributed by atoms with Crippen LogP contribution in [0.3, 0.4) is 0 Å². The highest BCUT2D eigenvalue weighted by molar-refractivity contribution is 6.32. The summed E-state index contributed by atoms with van der Waals surface area (Å²) in [6.07, 6.45) is 2.48. The minimum atomic E-state index is -0.929. The Morgan fingerprint density at radius 2 is 1.84 bits per heavy atom. The molecule has 0 aromatic heterocycles. The van der Waals surface area contributed by atoms with Crippen molar-refractivity contribution in [3.8, 4) is 17.2 Å². The molecule has 0 bridgehead atoms. The molecule has 0 aliphatic carbocycles. The summed E-state index contributed by atoms with van der Waals surface area (Å²) in [6.45, 7) is 4.23. The van der Waals surface area contributed by atoms with E-state index in [9.17, 15) is 9.59 Å². The summed E-state index contributed by atoms with van der Waals surface area (Å²) < 4.78 is 21.0. The van der Waals surface area contributed by atoms with Gasteiger partial charge < -0.3 is 24.3 Å². The van der Waals surface area contributed by atoms with Crippen molar-refractivity contribution in [3.05, 3.63) is 58.6 Å². The number of hydrogen-bond acceptors (Lipinski definition) is 6. The van der Waals surface area contributed by atoms with Crippen LogP contribution >= 0.6 is 11.6 Å². The largest absolute Gasteiger partial charge is 0.497 e. The van der Waals surface area contributed by atoms with Gasteiger partial charge in [-0.3, -0.25) is 4.79 Å². The maximum absolute atomic E-state index is 12.2. The van der Waals surface area contributed by atoms with Gasteiger partial charge in [-0.05, 0) is 61.7 Å². The second-order valence-corrected chi connectivity index (χ2v) is 7.18. The molecule has 0 fully saturated rings. The molecule has 172 valence electrons. The molecule has 0 spiro atoms. The molecule has 8 heteroatoms. The zero-order chi connectivity index (χ0) is 23.5. The average molecular weight is 462 g/mol. The normalized spacial score (nSPS) is 11.7. The van der Waals surface area contributed by atoms with Crippen LogP contribution in [0.4, 0.5) is 0 Å². The van der Waals surface area contributed by atoms with Crippen molar-refractivity contribution in [3.63, 3.8) is 0 Å². The summed E-state index contributed by atoms with van der Waals surface area (Å²) in [7, 11) is 3.11. The van der Waals surface area contributed by atoms with E-state index < -0.39 is 12.1 Å². The quantitative estimate of drug-likeness (QED) is 0.401. The molecule has 1 N–H and O–H groups in total. The van der Waals surface area contributed by atoms with Crippen molar-refractivity contribution >= 4 is 29.6 Å². The number of rotatable bonds is 11. The van der Waals surface area contributed by atoms with Crippen LogP contribution in [0.25, 0.3) is 6.08 Å². The Kier molecular flexibility index (Phi) is 9.88. The van der Waals surface area contributed by atoms with Gasteiger partial charge in [-0.2, -0.15) is 0 Å². The molecule has 0 heterocycles. The van der Waals surface area contributed by atoms with Crippen molar-refractivity contribution in [2.45, 2.75) is 26.4 Å². The molecule has 0 saturated carbocycles. The molecular formula is C24H28ClNO6. The fourth-order valence-electron chi connectivity index (χ4n) is 2.84. The van der Waals surface area contributed by atoms with Gasteiger partial charge in [0.15, 0.2) is 17.6 Å². The third-order valence-electron chi connectivity index (χ3n) is 4.48. The zero-order valence-corrected chi connectivity index (χ0v) is 19.4. The third kappa shape index (κ3) is 7.50. The molecule has 0 aliphatic rings. The number of halogens is 1. The first-order valence-electron chi connectivity index (χ1n) is 10.2. The van der Waals surface area contributed by atoms with E-state index >= 15 is 0 Å². The van der Waals surface area contributed by atoms with Gasteiger partial charge in [0, 0.05) is 12.6 Å². The highest BCUT2D eigenvalue weighted by atomic mass is 35.5. The summed E-state index contributed by atoms with van der Waals surface area (Å²) in [5.74, 6) is 0.657. The molecular weight excluding hydrogens is 434 g/mol. The van der Waals surface area contributed by atoms with Crippen LogP contribution in [0.5, 0.6) is 17.2 Å². The lowest BCUT2D eigenvalue weighted by Crippen LogP contribution is -2.36. The van der Waals surface area contributed by atoms with Crippen LogP contribution in [0.15, 0.2) is 42.5 Å². The summed E-state index contributed by atoms with van der Waals surface area (Å²) in [5.41, 5.74) is 1.69. The summed E-state index contributed by atoms with van der Waals surface area (Å²) in [5, 5.41) is 3.12. The first kappa shape index (κ1) is 25.1. The van der Waals surface area contributed by atoms with Gasteiger partial charge in [-0.25, -0.2) is 4.79 Å². The smallest absolute Gasteiger partial charge is 0.331 e. The lowest BCUT2D eigenvalue weighted by Gasteiger charge is -2.13. The van der Waals surface area contributed by atoms with Gasteiger partial charge >= 0.3 is 5.97 Å². The molecule has 2 aromatic carbocycles. The molecule has 2 aromatic rings. The highest BCUT2D eigenvalue weighted by Crippen LogP contribution is 2.36. The van der Waals surface area contributed by atoms with E-state index in [1.807, 2.05) is 31.2 Å². The molecule has 7 nitrogen and oxygen atoms in total. The van der Waals surface area contributed by atoms with E-state index in [1.54, 1.807) is 19.2 Å². The molecule has 1 amide bonds. The van der Waals surface area contributed by atoms with Crippen LogP contribution < -0.4 is 19.5 Å². The molecule has 0 radical (unpaired) electrons. The summed E-state index contributed by atoms with van der Waals surface area (Å²) in [6, 6.07) is 10.9. The number of amides is 1. The molecule has 0 saturated heterocycles. The van der Waals surface area contributed by atoms with Crippen LogP contribution in [-0.2, 0) is 20.7 Å². The maximum atomic E-state index is 12.2. The number of ether oxygens (including phenoxy) is 4. The van der Waals surface area contributed by atoms with Gasteiger partial charge in [0.25, 0.3) is 5.91 Å². The third-order valence-corrected chi connectivity index (χ3v) is 4.76. The van der Waals surface area contributed by atoms with E-state index in [1.165, 1.54) is 26.2 Å². The van der Waals surface area contributed by atoms with Crippen molar-refractivity contribution in [2.75, 3.05) is 27.4 Å². The second kappa shape index (κ2) is 12.6. The molecule has 2 rings (SSSR count). The van der Waals surface area contributed by atoms with Crippen LogP contribution in [-0.4, -0.2) is 45.4 Å². The fourth-order valence-corrected chi connectivity index (χ4v) is 3.14. The van der Waals surface area contributed by atoms with Gasteiger partial charge in [0.2, 0.25) is 0 Å². The van der Waals surface area contributed by atoms with Crippen molar-refractivity contribution in [2.24, 2.45) is 0 Å². The van der Waals surface area contributed by atoms with Crippen molar-refractivity contribution in [1.29, 1.82) is 0 Å². The lowest BCUT2D eigenvalue weighted by molar-refractivity contribution is -0.150. The number of carbonyl (C=O) groups is 2. The van der Waals surface area contributed by atoms with Crippen molar-refractivity contribution in [1.82, 2.24) is 5.32 Å². The van der Waals surface area contributed by atoms with E-state index in [0.717, 1.165) is 11.3 Å². The molecule has 1 atom stereocenters. The van der Waals surface area contributed by atoms with Crippen LogP contribution in [0, 0.1) is 0 Å². The molecule has 0 aliphatic heterocycles. The van der Waals surface area contributed by atoms with E-state index in [0.29, 0.717) is 41.7 Å². The Balaban J connectivity index is 1.85. The summed E-state index contributed by atoms with van der Waals surface area (Å²) in [4.78, 5) is 24.3. The van der Waals surface area contributed by atoms with Gasteiger partial charge in [-0.1, -0.05) is 23.7 Å². The Bertz CT molecular complexity index is 942. The molecule has 32 heavy (non-hydrogen) atoms. The highest BCUT2D eigenvalue weighted by Gasteiger charge is 2.16. The number of benzene rings is 2. The number of nitrogens with one attached hydrogen (secondary N) is 1. The minimum Gasteiger partial charge on any atom is -0.497 e. The van der Waals surface area contributed by atoms with Crippen LogP contribution in [0.1, 0.15) is 25.0 Å². The van der Waals surface area contributed by atoms with Gasteiger partial charge in [0.1, 0.15) is 5.75 Å². The topological polar surface area (TPSA) is 83.1 Å². The Morgan fingerprint density at radius 1 is 1.12 bits per heavy atom. The Labute approximate surface area is 193 Å². The van der Waals surface area contributed by atoms with Crippen LogP contribution in [0.2, 0.25) is 5.02 Å². The Morgan fingerprint density at radius 3 is 2.47 bits per heavy atom. The number of hydrogen-bond donors (Lipinski definition) is 1. The van der Waals surface area contributed by atoms with Crippen molar-refractivity contribution < 1.29 is 28.5 Å². The average Bonchev–Trinajstić information content (AvgIpc) is 2.78. The first-order chi connectivity index (χ1) is 15.4. The zero-order valence-electron chi connectivity index (χ0n) is 18.6. The Hall–Kier alpha value is -3.19. The van der Waals surface area contributed by atoms with Gasteiger partial charge in [-0.15, -0.1) is 0 Å². The lowest BCUT2D eigenvalue weighted by atomic mass is 10.1. The number of methoxy groups -OCH3 is 2. The van der Waals surface area contributed by atoms with E-state index in [2.05, 4.69) is 5.32 Å². The summed E-state index contributed by atoms with van der Waals surface area (Å²) >= 11 is 6.21. The first-order valence-corrected chi connectivity index (χ1v) is 10.5. The second-order valence-electron chi connectivity index (χ2n) is 6.77. The number of carbonyl (C=O) groups excluding carboxylic acids is 2. The minimum absolute atomic E-state index is 0.357. The predicted octanol–water partition coefficient (Wildman–Crippen LogP) is 4.06. The standard InChI is InChI=1S/C24H28ClNO6/c1-5-31-21-15-18(14-20(25)23(21)30-4)8-11-22(27)32-16(2)24(28)26-13-12-17-6-9-19(29-3)10-7-17/h6-11,14-16H,5,12-13H2,1-4H3,(H,26,28)/b11-8+. The fraction of sp³-hybridized carbons (Fsp3) is 0.333. The number of esters is 1. The van der Waals surface area contributed by atoms with E-state index in [-0.39, 0.29) is 5.91 Å². The monoisotopic (exact) mass is 461 g/mol. The van der Waals surface area contributed by atoms with Gasteiger partial charge in [0.05, 0.1) is 25.8 Å². The SMILES string of the molecule is CCOc1cc(/C=C/C(=O)OC(C)C(=O)NCCc2ccc(OC)cc2)cc(Cl)c1OC. The predicted molar refractivity (Wildman–Crippen MR) is 123 cm³/mol. The molecule has 1 unspecified atom stereocenters. The maximum Gasteiger partial charge on any atom is 0.331 e. The van der Waals surface area contributed by atoms with E-state index in [4.69, 9.17) is 30.5 Å².